The van der Waals surface area contributed by atoms with Gasteiger partial charge in [0.2, 0.25) is 0 Å². The van der Waals surface area contributed by atoms with Crippen LogP contribution in [0.15, 0.2) is 71.2 Å². The molecule has 0 bridgehead atoms. The Morgan fingerprint density at radius 2 is 1.59 bits per heavy atom. The summed E-state index contributed by atoms with van der Waals surface area (Å²) in [6.45, 7) is -0.338. The minimum atomic E-state index is -4.63. The Bertz CT molecular complexity index is 1160. The number of aliphatic hydroxyl groups excluding tert-OH is 2. The topological polar surface area (TPSA) is 78.8 Å². The van der Waals surface area contributed by atoms with Crippen LogP contribution >= 0.6 is 15.9 Å². The van der Waals surface area contributed by atoms with Crippen LogP contribution in [0.5, 0.6) is 0 Å². The lowest BCUT2D eigenvalue weighted by Crippen LogP contribution is -2.36. The maximum absolute atomic E-state index is 13.1. The molecule has 2 atom stereocenters. The second-order valence-electron chi connectivity index (χ2n) is 7.96. The predicted octanol–water partition coefficient (Wildman–Crippen LogP) is 5.40. The van der Waals surface area contributed by atoms with E-state index < -0.39 is 36.6 Å². The van der Waals surface area contributed by atoms with Crippen LogP contribution in [0.3, 0.4) is 0 Å². The Morgan fingerprint density at radius 1 is 1.00 bits per heavy atom. The number of nitrogens with one attached hydrogen (secondary N) is 1. The maximum atomic E-state index is 13.1. The molecule has 0 saturated heterocycles. The average Bonchev–Trinajstić information content (AvgIpc) is 3.14. The SMILES string of the molecule is O=C(NCC(O)C(O)c1ccc(Br)c(C(F)(F)F)c1)OCC1c2ccccc2-c2ccccc21. The van der Waals surface area contributed by atoms with Gasteiger partial charge in [-0.15, -0.1) is 0 Å². The zero-order chi connectivity index (χ0) is 24.5. The molecule has 178 valence electrons. The molecule has 0 saturated carbocycles. The number of hydrogen-bond acceptors (Lipinski definition) is 4. The van der Waals surface area contributed by atoms with Crippen LogP contribution in [0.1, 0.15) is 34.3 Å². The molecule has 0 aliphatic heterocycles. The first kappa shape index (κ1) is 24.3. The van der Waals surface area contributed by atoms with Gasteiger partial charge >= 0.3 is 12.3 Å². The van der Waals surface area contributed by atoms with E-state index in [2.05, 4.69) is 21.2 Å². The van der Waals surface area contributed by atoms with Crippen molar-refractivity contribution >= 4 is 22.0 Å². The molecular formula is C25H21BrF3NO4. The number of alkyl carbamates (subject to hydrolysis) is 1. The Labute approximate surface area is 202 Å². The molecule has 1 aliphatic carbocycles. The smallest absolute Gasteiger partial charge is 0.417 e. The van der Waals surface area contributed by atoms with Crippen LogP contribution in [-0.2, 0) is 10.9 Å². The molecule has 2 unspecified atom stereocenters. The minimum absolute atomic E-state index is 0.0696. The Hall–Kier alpha value is -2.88. The number of ether oxygens (including phenoxy) is 1. The Morgan fingerprint density at radius 3 is 2.18 bits per heavy atom. The van der Waals surface area contributed by atoms with Gasteiger partial charge in [0.1, 0.15) is 18.8 Å². The highest BCUT2D eigenvalue weighted by atomic mass is 79.9. The number of fused-ring (bicyclic) bond motifs is 3. The highest BCUT2D eigenvalue weighted by molar-refractivity contribution is 9.10. The lowest BCUT2D eigenvalue weighted by atomic mass is 9.98. The summed E-state index contributed by atoms with van der Waals surface area (Å²) in [5.41, 5.74) is 3.15. The van der Waals surface area contributed by atoms with Crippen molar-refractivity contribution in [2.24, 2.45) is 0 Å². The number of carbonyl (C=O) groups is 1. The number of aliphatic hydroxyl groups is 2. The summed E-state index contributed by atoms with van der Waals surface area (Å²) < 4.78 is 44.5. The summed E-state index contributed by atoms with van der Waals surface area (Å²) in [5.74, 6) is -0.141. The first-order chi connectivity index (χ1) is 16.2. The first-order valence-corrected chi connectivity index (χ1v) is 11.3. The van der Waals surface area contributed by atoms with Gasteiger partial charge in [0.15, 0.2) is 0 Å². The first-order valence-electron chi connectivity index (χ1n) is 10.5. The fraction of sp³-hybridized carbons (Fsp3) is 0.240. The molecule has 3 N–H and O–H groups in total. The lowest BCUT2D eigenvalue weighted by Gasteiger charge is -2.20. The van der Waals surface area contributed by atoms with Gasteiger partial charge in [0, 0.05) is 16.9 Å². The third kappa shape index (κ3) is 4.96. The van der Waals surface area contributed by atoms with E-state index in [0.29, 0.717) is 0 Å². The van der Waals surface area contributed by atoms with Gasteiger partial charge in [-0.25, -0.2) is 4.79 Å². The molecule has 0 aromatic heterocycles. The maximum Gasteiger partial charge on any atom is 0.417 e. The van der Waals surface area contributed by atoms with Crippen molar-refractivity contribution in [2.75, 3.05) is 13.2 Å². The molecule has 34 heavy (non-hydrogen) atoms. The zero-order valence-corrected chi connectivity index (χ0v) is 19.3. The van der Waals surface area contributed by atoms with Gasteiger partial charge in [-0.1, -0.05) is 70.5 Å². The van der Waals surface area contributed by atoms with Crippen molar-refractivity contribution in [3.05, 3.63) is 93.5 Å². The molecule has 1 aliphatic rings. The van der Waals surface area contributed by atoms with E-state index >= 15 is 0 Å². The van der Waals surface area contributed by atoms with Crippen molar-refractivity contribution in [2.45, 2.75) is 24.3 Å². The Kier molecular flexibility index (Phi) is 6.97. The summed E-state index contributed by atoms with van der Waals surface area (Å²) in [4.78, 5) is 12.2. The molecule has 1 amide bonds. The van der Waals surface area contributed by atoms with E-state index in [1.54, 1.807) is 0 Å². The predicted molar refractivity (Wildman–Crippen MR) is 123 cm³/mol. The van der Waals surface area contributed by atoms with E-state index in [0.717, 1.165) is 34.4 Å². The molecule has 5 nitrogen and oxygen atoms in total. The van der Waals surface area contributed by atoms with Gasteiger partial charge in [-0.2, -0.15) is 13.2 Å². The minimum Gasteiger partial charge on any atom is -0.449 e. The number of carbonyl (C=O) groups excluding carboxylic acids is 1. The van der Waals surface area contributed by atoms with Gasteiger partial charge in [-0.3, -0.25) is 0 Å². The third-order valence-corrected chi connectivity index (χ3v) is 6.49. The number of rotatable bonds is 6. The highest BCUT2D eigenvalue weighted by Crippen LogP contribution is 2.44. The third-order valence-electron chi connectivity index (χ3n) is 5.80. The van der Waals surface area contributed by atoms with Crippen LogP contribution in [0.4, 0.5) is 18.0 Å². The van der Waals surface area contributed by atoms with E-state index in [4.69, 9.17) is 4.74 Å². The molecule has 3 aromatic carbocycles. The second-order valence-corrected chi connectivity index (χ2v) is 8.81. The van der Waals surface area contributed by atoms with Crippen LogP contribution in [0.2, 0.25) is 0 Å². The zero-order valence-electron chi connectivity index (χ0n) is 17.7. The summed E-state index contributed by atoms with van der Waals surface area (Å²) in [6.07, 6.45) is -8.61. The number of alkyl halides is 3. The summed E-state index contributed by atoms with van der Waals surface area (Å²) in [5, 5.41) is 22.8. The van der Waals surface area contributed by atoms with Crippen molar-refractivity contribution in [3.63, 3.8) is 0 Å². The van der Waals surface area contributed by atoms with Crippen LogP contribution < -0.4 is 5.32 Å². The normalized spacial score (nSPS) is 14.8. The fourth-order valence-corrected chi connectivity index (χ4v) is 4.59. The van der Waals surface area contributed by atoms with E-state index in [9.17, 15) is 28.2 Å². The molecule has 3 aromatic rings. The van der Waals surface area contributed by atoms with Gasteiger partial charge in [-0.05, 0) is 39.9 Å². The van der Waals surface area contributed by atoms with E-state index in [1.807, 2.05) is 48.5 Å². The van der Waals surface area contributed by atoms with Crippen LogP contribution in [-0.4, -0.2) is 35.6 Å². The molecule has 0 spiro atoms. The fourth-order valence-electron chi connectivity index (χ4n) is 4.12. The molecule has 0 fully saturated rings. The van der Waals surface area contributed by atoms with Crippen molar-refractivity contribution < 1.29 is 32.9 Å². The second kappa shape index (κ2) is 9.77. The number of halogens is 4. The summed E-state index contributed by atoms with van der Waals surface area (Å²) >= 11 is 2.83. The van der Waals surface area contributed by atoms with Crippen molar-refractivity contribution in [3.8, 4) is 11.1 Å². The standard InChI is InChI=1S/C25H21BrF3NO4/c26-21-10-9-14(11-20(21)25(27,28)29)23(32)22(31)12-30-24(33)34-13-19-17-7-3-1-5-15(17)16-6-2-4-8-18(16)19/h1-11,19,22-23,31-32H,12-13H2,(H,30,33). The summed E-state index contributed by atoms with van der Waals surface area (Å²) in [7, 11) is 0. The molecule has 0 heterocycles. The molecule has 9 heteroatoms. The average molecular weight is 536 g/mol. The number of hydrogen-bond donors (Lipinski definition) is 3. The van der Waals surface area contributed by atoms with Gasteiger partial charge in [0.25, 0.3) is 0 Å². The van der Waals surface area contributed by atoms with Crippen LogP contribution in [0, 0.1) is 0 Å². The highest BCUT2D eigenvalue weighted by Gasteiger charge is 2.34. The monoisotopic (exact) mass is 535 g/mol. The number of amides is 1. The number of benzene rings is 3. The quantitative estimate of drug-likeness (QED) is 0.394. The van der Waals surface area contributed by atoms with Gasteiger partial charge < -0.3 is 20.3 Å². The lowest BCUT2D eigenvalue weighted by molar-refractivity contribution is -0.138. The van der Waals surface area contributed by atoms with Crippen molar-refractivity contribution in [1.29, 1.82) is 0 Å². The van der Waals surface area contributed by atoms with Crippen molar-refractivity contribution in [1.82, 2.24) is 5.32 Å². The molecular weight excluding hydrogens is 515 g/mol. The largest absolute Gasteiger partial charge is 0.449 e. The Balaban J connectivity index is 1.35. The molecule has 0 radical (unpaired) electrons. The summed E-state index contributed by atoms with van der Waals surface area (Å²) in [6, 6.07) is 18.9. The van der Waals surface area contributed by atoms with Crippen LogP contribution in [0.25, 0.3) is 11.1 Å². The van der Waals surface area contributed by atoms with E-state index in [1.165, 1.54) is 6.07 Å². The molecule has 4 rings (SSSR count). The van der Waals surface area contributed by atoms with E-state index in [-0.39, 0.29) is 22.6 Å². The van der Waals surface area contributed by atoms with Gasteiger partial charge in [0.05, 0.1) is 5.56 Å².